The highest BCUT2D eigenvalue weighted by Gasteiger charge is 2.44. The zero-order valence-corrected chi connectivity index (χ0v) is 15.8. The van der Waals surface area contributed by atoms with Gasteiger partial charge in [0.1, 0.15) is 10.4 Å². The maximum Gasteiger partial charge on any atom is 0.263 e. The second-order valence-electron chi connectivity index (χ2n) is 6.61. The zero-order chi connectivity index (χ0) is 16.7. The fourth-order valence-electron chi connectivity index (χ4n) is 3.90. The molecule has 126 valence electrons. The van der Waals surface area contributed by atoms with Crippen molar-refractivity contribution in [1.29, 1.82) is 0 Å². The molecule has 2 fully saturated rings. The number of halogens is 1. The van der Waals surface area contributed by atoms with E-state index in [-0.39, 0.29) is 5.91 Å². The molecule has 0 unspecified atom stereocenters. The van der Waals surface area contributed by atoms with Crippen LogP contribution in [0.2, 0.25) is 0 Å². The maximum absolute atomic E-state index is 12.7. The Hall–Kier alpha value is -1.47. The molecular weight excluding hydrogens is 388 g/mol. The van der Waals surface area contributed by atoms with Gasteiger partial charge in [0.25, 0.3) is 5.91 Å². The van der Waals surface area contributed by atoms with Crippen LogP contribution in [0.15, 0.2) is 28.9 Å². The van der Waals surface area contributed by atoms with Crippen LogP contribution < -0.4 is 5.32 Å². The van der Waals surface area contributed by atoms with Gasteiger partial charge < -0.3 is 10.2 Å². The summed E-state index contributed by atoms with van der Waals surface area (Å²) in [5.41, 5.74) is 0. The topological polar surface area (TPSA) is 58.1 Å². The van der Waals surface area contributed by atoms with Crippen molar-refractivity contribution in [3.05, 3.63) is 38.6 Å². The van der Waals surface area contributed by atoms with Crippen molar-refractivity contribution < 1.29 is 4.79 Å². The molecule has 1 aliphatic heterocycles. The molecule has 1 amide bonds. The fraction of sp³-hybridized carbons (Fsp3) is 0.471. The molecule has 1 saturated heterocycles. The van der Waals surface area contributed by atoms with E-state index in [2.05, 4.69) is 31.4 Å². The Morgan fingerprint density at radius 1 is 1.25 bits per heavy atom. The van der Waals surface area contributed by atoms with Crippen LogP contribution in [0.3, 0.4) is 0 Å². The van der Waals surface area contributed by atoms with Crippen molar-refractivity contribution in [2.24, 2.45) is 11.8 Å². The smallest absolute Gasteiger partial charge is 0.263 e. The number of amides is 1. The van der Waals surface area contributed by atoms with Crippen molar-refractivity contribution in [1.82, 2.24) is 15.1 Å². The number of anilines is 1. The molecule has 2 aromatic rings. The first kappa shape index (κ1) is 16.0. The first-order valence-corrected chi connectivity index (χ1v) is 9.82. The summed E-state index contributed by atoms with van der Waals surface area (Å²) < 4.78 is 0.737. The van der Waals surface area contributed by atoms with Gasteiger partial charge in [0.15, 0.2) is 0 Å². The molecular formula is C17H19BrN4OS. The van der Waals surface area contributed by atoms with Gasteiger partial charge in [0, 0.05) is 29.9 Å². The van der Waals surface area contributed by atoms with Gasteiger partial charge in [0.2, 0.25) is 0 Å². The highest BCUT2D eigenvalue weighted by molar-refractivity contribution is 9.10. The third kappa shape index (κ3) is 3.07. The normalized spacial score (nSPS) is 25.8. The maximum atomic E-state index is 12.7. The third-order valence-electron chi connectivity index (χ3n) is 5.06. The Balaban J connectivity index is 1.43. The zero-order valence-electron chi connectivity index (χ0n) is 13.4. The van der Waals surface area contributed by atoms with Crippen LogP contribution >= 0.6 is 27.3 Å². The molecule has 1 saturated carbocycles. The number of likely N-dealkylation sites (tertiary alicyclic amines) is 1. The minimum absolute atomic E-state index is 0.185. The second kappa shape index (κ2) is 6.44. The van der Waals surface area contributed by atoms with Crippen LogP contribution in [-0.2, 0) is 0 Å². The largest absolute Gasteiger partial charge is 0.365 e. The molecule has 5 nitrogen and oxygen atoms in total. The van der Waals surface area contributed by atoms with E-state index in [9.17, 15) is 4.79 Å². The predicted molar refractivity (Wildman–Crippen MR) is 98.3 cm³/mol. The molecule has 2 aliphatic rings. The van der Waals surface area contributed by atoms with Gasteiger partial charge in [-0.3, -0.25) is 4.79 Å². The number of thiophene rings is 1. The Labute approximate surface area is 153 Å². The molecule has 24 heavy (non-hydrogen) atoms. The monoisotopic (exact) mass is 406 g/mol. The van der Waals surface area contributed by atoms with Crippen LogP contribution in [0.5, 0.6) is 0 Å². The molecule has 0 spiro atoms. The molecule has 3 heterocycles. The molecule has 0 aromatic carbocycles. The van der Waals surface area contributed by atoms with Crippen LogP contribution in [0.25, 0.3) is 0 Å². The van der Waals surface area contributed by atoms with Crippen molar-refractivity contribution in [3.8, 4) is 0 Å². The van der Waals surface area contributed by atoms with Crippen molar-refractivity contribution >= 4 is 39.0 Å². The van der Waals surface area contributed by atoms with Gasteiger partial charge in [-0.05, 0) is 65.9 Å². The van der Waals surface area contributed by atoms with Gasteiger partial charge in [-0.15, -0.1) is 21.5 Å². The van der Waals surface area contributed by atoms with E-state index < -0.39 is 0 Å². The Bertz CT molecular complexity index is 747. The Kier molecular flexibility index (Phi) is 4.30. The number of aryl methyl sites for hydroxylation is 1. The van der Waals surface area contributed by atoms with Gasteiger partial charge in [-0.2, -0.15) is 0 Å². The van der Waals surface area contributed by atoms with Crippen molar-refractivity contribution in [2.45, 2.75) is 25.8 Å². The minimum atomic E-state index is 0.185. The van der Waals surface area contributed by atoms with E-state index in [1.165, 1.54) is 11.3 Å². The molecule has 0 bridgehead atoms. The van der Waals surface area contributed by atoms with Gasteiger partial charge >= 0.3 is 0 Å². The number of carbonyl (C=O) groups is 1. The number of rotatable bonds is 3. The average molecular weight is 407 g/mol. The Morgan fingerprint density at radius 2 is 2.12 bits per heavy atom. The van der Waals surface area contributed by atoms with E-state index >= 15 is 0 Å². The van der Waals surface area contributed by atoms with E-state index in [4.69, 9.17) is 0 Å². The third-order valence-corrected chi connectivity index (χ3v) is 6.47. The molecule has 3 atom stereocenters. The number of nitrogens with one attached hydrogen (secondary N) is 1. The van der Waals surface area contributed by atoms with E-state index in [0.717, 1.165) is 34.8 Å². The molecule has 2 aromatic heterocycles. The summed E-state index contributed by atoms with van der Waals surface area (Å²) in [6, 6.07) is 8.17. The summed E-state index contributed by atoms with van der Waals surface area (Å²) in [5, 5.41) is 11.7. The number of hydrogen-bond acceptors (Lipinski definition) is 5. The fourth-order valence-corrected chi connectivity index (χ4v) is 4.95. The summed E-state index contributed by atoms with van der Waals surface area (Å²) in [6.07, 6.45) is 2.30. The van der Waals surface area contributed by atoms with Crippen LogP contribution in [-0.4, -0.2) is 40.1 Å². The van der Waals surface area contributed by atoms with E-state index in [1.807, 2.05) is 36.1 Å². The summed E-state index contributed by atoms with van der Waals surface area (Å²) in [5.74, 6) is 2.09. The van der Waals surface area contributed by atoms with Crippen molar-refractivity contribution in [2.75, 3.05) is 18.4 Å². The lowest BCUT2D eigenvalue weighted by Crippen LogP contribution is -2.33. The molecule has 1 N–H and O–H groups in total. The van der Waals surface area contributed by atoms with Crippen LogP contribution in [0.4, 0.5) is 5.82 Å². The summed E-state index contributed by atoms with van der Waals surface area (Å²) in [7, 11) is 0. The second-order valence-corrected chi connectivity index (χ2v) is 8.71. The lowest BCUT2D eigenvalue weighted by Gasteiger charge is -2.21. The Morgan fingerprint density at radius 3 is 2.83 bits per heavy atom. The number of hydrogen-bond donors (Lipinski definition) is 1. The lowest BCUT2D eigenvalue weighted by molar-refractivity contribution is 0.0785. The van der Waals surface area contributed by atoms with Crippen molar-refractivity contribution in [3.63, 3.8) is 0 Å². The lowest BCUT2D eigenvalue weighted by atomic mass is 9.98. The summed E-state index contributed by atoms with van der Waals surface area (Å²) in [4.78, 5) is 16.8. The van der Waals surface area contributed by atoms with Gasteiger partial charge in [0.05, 0.1) is 4.88 Å². The highest BCUT2D eigenvalue weighted by atomic mass is 79.9. The summed E-state index contributed by atoms with van der Waals surface area (Å²) >= 11 is 4.89. The van der Waals surface area contributed by atoms with E-state index in [0.29, 0.717) is 17.9 Å². The number of aromatic nitrogens is 2. The van der Waals surface area contributed by atoms with Gasteiger partial charge in [-0.1, -0.05) is 0 Å². The van der Waals surface area contributed by atoms with Gasteiger partial charge in [-0.25, -0.2) is 0 Å². The molecule has 7 heteroatoms. The first-order chi connectivity index (χ1) is 11.6. The molecule has 0 radical (unpaired) electrons. The number of fused-ring (bicyclic) bond motifs is 1. The number of carbonyl (C=O) groups excluding carboxylic acids is 1. The standard InChI is InChI=1S/C17H19BrN4OS/c1-10-2-5-14(24-10)17(23)22-8-11-3-4-13(12(11)9-22)19-16-7-6-15(18)20-21-16/h2,5-7,11-13H,3-4,8-9H2,1H3,(H,19,21)/t11-,12+,13+/m0/s1. The first-order valence-electron chi connectivity index (χ1n) is 8.21. The minimum Gasteiger partial charge on any atom is -0.365 e. The van der Waals surface area contributed by atoms with Crippen LogP contribution in [0, 0.1) is 18.8 Å². The van der Waals surface area contributed by atoms with E-state index in [1.54, 1.807) is 11.3 Å². The quantitative estimate of drug-likeness (QED) is 0.845. The molecule has 4 rings (SSSR count). The predicted octanol–water partition coefficient (Wildman–Crippen LogP) is 3.57. The number of nitrogens with zero attached hydrogens (tertiary/aromatic N) is 3. The summed E-state index contributed by atoms with van der Waals surface area (Å²) in [6.45, 7) is 3.76. The van der Waals surface area contributed by atoms with Crippen LogP contribution in [0.1, 0.15) is 27.4 Å². The average Bonchev–Trinajstić information content (AvgIpc) is 3.26. The molecule has 1 aliphatic carbocycles. The SMILES string of the molecule is Cc1ccc(C(=O)N2C[C@@H]3CC[C@@H](Nc4ccc(Br)nn4)[C@@H]3C2)s1. The highest BCUT2D eigenvalue weighted by Crippen LogP contribution is 2.40.